The van der Waals surface area contributed by atoms with Crippen LogP contribution >= 0.6 is 0 Å². The van der Waals surface area contributed by atoms with Crippen LogP contribution in [0.2, 0.25) is 0 Å². The van der Waals surface area contributed by atoms with E-state index >= 15 is 0 Å². The van der Waals surface area contributed by atoms with E-state index in [0.717, 1.165) is 42.3 Å². The first-order valence-corrected chi connectivity index (χ1v) is 9.25. The van der Waals surface area contributed by atoms with E-state index in [-0.39, 0.29) is 5.91 Å². The Morgan fingerprint density at radius 2 is 1.89 bits per heavy atom. The molecule has 8 nitrogen and oxygen atoms in total. The Morgan fingerprint density at radius 1 is 1.07 bits per heavy atom. The monoisotopic (exact) mass is 365 g/mol. The van der Waals surface area contributed by atoms with Gasteiger partial charge in [0.1, 0.15) is 12.4 Å². The predicted octanol–water partition coefficient (Wildman–Crippen LogP) is 1.61. The Kier molecular flexibility index (Phi) is 4.86. The van der Waals surface area contributed by atoms with Crippen molar-refractivity contribution in [3.63, 3.8) is 0 Å². The third kappa shape index (κ3) is 3.69. The van der Waals surface area contributed by atoms with Crippen LogP contribution in [0.25, 0.3) is 11.0 Å². The summed E-state index contributed by atoms with van der Waals surface area (Å²) in [6.07, 6.45) is 1.74. The molecule has 0 spiro atoms. The van der Waals surface area contributed by atoms with Gasteiger partial charge in [-0.05, 0) is 31.2 Å². The van der Waals surface area contributed by atoms with Crippen molar-refractivity contribution in [2.24, 2.45) is 0 Å². The van der Waals surface area contributed by atoms with Gasteiger partial charge in [-0.3, -0.25) is 4.79 Å². The van der Waals surface area contributed by atoms with E-state index < -0.39 is 0 Å². The van der Waals surface area contributed by atoms with Crippen LogP contribution in [-0.2, 0) is 11.3 Å². The molecule has 1 saturated heterocycles. The van der Waals surface area contributed by atoms with Crippen LogP contribution in [0.3, 0.4) is 0 Å². The summed E-state index contributed by atoms with van der Waals surface area (Å²) in [7, 11) is 0. The van der Waals surface area contributed by atoms with Crippen molar-refractivity contribution in [3.8, 4) is 0 Å². The highest BCUT2D eigenvalue weighted by molar-refractivity contribution is 5.80. The summed E-state index contributed by atoms with van der Waals surface area (Å²) < 4.78 is 1.91. The van der Waals surface area contributed by atoms with Gasteiger partial charge in [-0.1, -0.05) is 12.1 Å². The molecule has 0 aliphatic carbocycles. The van der Waals surface area contributed by atoms with Crippen molar-refractivity contribution in [3.05, 3.63) is 42.7 Å². The topological polar surface area (TPSA) is 79.2 Å². The summed E-state index contributed by atoms with van der Waals surface area (Å²) in [6, 6.07) is 11.8. The van der Waals surface area contributed by atoms with E-state index in [1.54, 1.807) is 6.33 Å². The number of carbonyl (C=O) groups excluding carboxylic acids is 1. The molecule has 3 heterocycles. The van der Waals surface area contributed by atoms with Gasteiger partial charge in [-0.2, -0.15) is 0 Å². The fourth-order valence-electron chi connectivity index (χ4n) is 3.34. The zero-order valence-corrected chi connectivity index (χ0v) is 15.4. The largest absolute Gasteiger partial charge is 0.369 e. The highest BCUT2D eigenvalue weighted by Gasteiger charge is 2.22. The van der Waals surface area contributed by atoms with E-state index in [1.165, 1.54) is 0 Å². The number of benzene rings is 1. The lowest BCUT2D eigenvalue weighted by Crippen LogP contribution is -2.49. The van der Waals surface area contributed by atoms with Crippen molar-refractivity contribution >= 4 is 28.6 Å². The molecular formula is C19H23N7O. The number of nitrogens with one attached hydrogen (secondary N) is 1. The second kappa shape index (κ2) is 7.61. The Morgan fingerprint density at radius 3 is 2.63 bits per heavy atom. The van der Waals surface area contributed by atoms with Crippen molar-refractivity contribution < 1.29 is 4.79 Å². The van der Waals surface area contributed by atoms with E-state index in [2.05, 4.69) is 25.4 Å². The van der Waals surface area contributed by atoms with E-state index in [0.29, 0.717) is 19.6 Å². The average molecular weight is 365 g/mol. The molecule has 1 N–H and O–H groups in total. The lowest BCUT2D eigenvalue weighted by molar-refractivity contribution is -0.132. The molecule has 140 valence electrons. The van der Waals surface area contributed by atoms with Gasteiger partial charge >= 0.3 is 0 Å². The zero-order valence-electron chi connectivity index (χ0n) is 15.4. The maximum absolute atomic E-state index is 12.7. The number of nitrogens with zero attached hydrogens (tertiary/aromatic N) is 6. The summed E-state index contributed by atoms with van der Waals surface area (Å²) in [6.45, 7) is 6.04. The minimum atomic E-state index is 0.117. The van der Waals surface area contributed by atoms with Crippen LogP contribution in [0, 0.1) is 0 Å². The molecule has 3 aromatic rings. The molecule has 4 rings (SSSR count). The van der Waals surface area contributed by atoms with Gasteiger partial charge in [0.15, 0.2) is 5.82 Å². The smallest absolute Gasteiger partial charge is 0.242 e. The summed E-state index contributed by atoms with van der Waals surface area (Å²) in [5, 5.41) is 11.6. The third-order valence-electron chi connectivity index (χ3n) is 4.80. The number of imidazole rings is 1. The number of piperazine rings is 1. The normalized spacial score (nSPS) is 14.6. The van der Waals surface area contributed by atoms with Gasteiger partial charge in [0.25, 0.3) is 0 Å². The fraction of sp³-hybridized carbons (Fsp3) is 0.368. The molecule has 1 amide bonds. The number of anilines is 2. The Hall–Kier alpha value is -3.16. The highest BCUT2D eigenvalue weighted by Crippen LogP contribution is 2.16. The number of rotatable bonds is 5. The molecule has 1 aromatic carbocycles. The third-order valence-corrected chi connectivity index (χ3v) is 4.80. The van der Waals surface area contributed by atoms with Crippen LogP contribution in [0.15, 0.2) is 42.7 Å². The van der Waals surface area contributed by atoms with Crippen molar-refractivity contribution in [1.29, 1.82) is 0 Å². The lowest BCUT2D eigenvalue weighted by Gasteiger charge is -2.35. The molecule has 0 unspecified atom stereocenters. The number of aromatic nitrogens is 4. The first-order valence-electron chi connectivity index (χ1n) is 9.25. The van der Waals surface area contributed by atoms with Gasteiger partial charge in [-0.15, -0.1) is 10.2 Å². The number of fused-ring (bicyclic) bond motifs is 1. The zero-order chi connectivity index (χ0) is 18.6. The Labute approximate surface area is 157 Å². The first kappa shape index (κ1) is 17.3. The number of para-hydroxylation sites is 2. The molecule has 0 saturated carbocycles. The number of hydrogen-bond donors (Lipinski definition) is 1. The second-order valence-electron chi connectivity index (χ2n) is 6.54. The second-order valence-corrected chi connectivity index (χ2v) is 6.54. The standard InChI is InChI=1S/C19H23N7O/c1-2-20-17-7-8-18(23-22-17)24-9-11-25(12-10-24)19(27)13-26-14-21-15-5-3-4-6-16(15)26/h3-8,14H,2,9-13H2,1H3,(H,20,22). The molecular weight excluding hydrogens is 342 g/mol. The minimum Gasteiger partial charge on any atom is -0.369 e. The lowest BCUT2D eigenvalue weighted by atomic mass is 10.3. The van der Waals surface area contributed by atoms with Gasteiger partial charge in [0.05, 0.1) is 17.4 Å². The number of amides is 1. The molecule has 27 heavy (non-hydrogen) atoms. The molecule has 1 fully saturated rings. The van der Waals surface area contributed by atoms with E-state index in [1.807, 2.05) is 52.8 Å². The fourth-order valence-corrected chi connectivity index (χ4v) is 3.34. The van der Waals surface area contributed by atoms with Crippen LogP contribution < -0.4 is 10.2 Å². The molecule has 8 heteroatoms. The van der Waals surface area contributed by atoms with Gasteiger partial charge in [-0.25, -0.2) is 4.98 Å². The Balaban J connectivity index is 1.35. The minimum absolute atomic E-state index is 0.117. The highest BCUT2D eigenvalue weighted by atomic mass is 16.2. The molecule has 1 aliphatic rings. The predicted molar refractivity (Wildman–Crippen MR) is 105 cm³/mol. The van der Waals surface area contributed by atoms with Crippen molar-refractivity contribution in [1.82, 2.24) is 24.6 Å². The van der Waals surface area contributed by atoms with Crippen LogP contribution in [0.4, 0.5) is 11.6 Å². The van der Waals surface area contributed by atoms with Crippen LogP contribution in [0.5, 0.6) is 0 Å². The van der Waals surface area contributed by atoms with Gasteiger partial charge in [0.2, 0.25) is 5.91 Å². The molecule has 0 atom stereocenters. The van der Waals surface area contributed by atoms with Gasteiger partial charge < -0.3 is 19.7 Å². The molecule has 2 aromatic heterocycles. The maximum Gasteiger partial charge on any atom is 0.242 e. The van der Waals surface area contributed by atoms with Crippen LogP contribution in [0.1, 0.15) is 6.92 Å². The number of hydrogen-bond acceptors (Lipinski definition) is 6. The Bertz CT molecular complexity index is 913. The van der Waals surface area contributed by atoms with E-state index in [9.17, 15) is 4.79 Å². The summed E-state index contributed by atoms with van der Waals surface area (Å²) in [5.74, 6) is 1.75. The first-order chi connectivity index (χ1) is 13.2. The quantitative estimate of drug-likeness (QED) is 0.740. The van der Waals surface area contributed by atoms with Crippen LogP contribution in [-0.4, -0.2) is 63.3 Å². The van der Waals surface area contributed by atoms with E-state index in [4.69, 9.17) is 0 Å². The average Bonchev–Trinajstić information content (AvgIpc) is 3.12. The summed E-state index contributed by atoms with van der Waals surface area (Å²) >= 11 is 0. The molecule has 0 radical (unpaired) electrons. The number of carbonyl (C=O) groups is 1. The summed E-state index contributed by atoms with van der Waals surface area (Å²) in [4.78, 5) is 21.1. The van der Waals surface area contributed by atoms with Crippen molar-refractivity contribution in [2.75, 3.05) is 42.9 Å². The maximum atomic E-state index is 12.7. The molecule has 0 bridgehead atoms. The van der Waals surface area contributed by atoms with Gasteiger partial charge in [0, 0.05) is 32.7 Å². The SMILES string of the molecule is CCNc1ccc(N2CCN(C(=O)Cn3cnc4ccccc43)CC2)nn1. The molecule has 1 aliphatic heterocycles. The summed E-state index contributed by atoms with van der Waals surface area (Å²) in [5.41, 5.74) is 1.90. The van der Waals surface area contributed by atoms with Crippen molar-refractivity contribution in [2.45, 2.75) is 13.5 Å².